The summed E-state index contributed by atoms with van der Waals surface area (Å²) in [6, 6.07) is 28.7. The Balaban J connectivity index is 1.68. The van der Waals surface area contributed by atoms with Crippen molar-refractivity contribution < 1.29 is 9.53 Å². The van der Waals surface area contributed by atoms with Gasteiger partial charge in [0.1, 0.15) is 11.8 Å². The molecule has 3 rings (SSSR count). The third kappa shape index (κ3) is 5.20. The predicted molar refractivity (Wildman–Crippen MR) is 104 cm³/mol. The van der Waals surface area contributed by atoms with E-state index in [1.54, 1.807) is 24.3 Å². The first kappa shape index (κ1) is 18.2. The van der Waals surface area contributed by atoms with Crippen LogP contribution in [0.4, 0.5) is 0 Å². The highest BCUT2D eigenvalue weighted by molar-refractivity contribution is 5.78. The first-order chi connectivity index (χ1) is 13.3. The maximum absolute atomic E-state index is 12.5. The second-order valence-electron chi connectivity index (χ2n) is 6.12. The van der Waals surface area contributed by atoms with Crippen LogP contribution in [0.1, 0.15) is 22.7 Å². The monoisotopic (exact) mass is 356 g/mol. The molecule has 134 valence electrons. The average molecular weight is 356 g/mol. The van der Waals surface area contributed by atoms with Crippen molar-refractivity contribution in [1.82, 2.24) is 5.32 Å². The molecule has 0 aliphatic rings. The fourth-order valence-electron chi connectivity index (χ4n) is 2.85. The molecule has 0 saturated carbocycles. The number of hydrogen-bond donors (Lipinski definition) is 1. The zero-order valence-electron chi connectivity index (χ0n) is 14.8. The van der Waals surface area contributed by atoms with E-state index in [0.717, 1.165) is 11.1 Å². The van der Waals surface area contributed by atoms with E-state index in [2.05, 4.69) is 11.4 Å². The van der Waals surface area contributed by atoms with Gasteiger partial charge < -0.3 is 10.1 Å². The molecule has 0 bridgehead atoms. The summed E-state index contributed by atoms with van der Waals surface area (Å²) < 4.78 is 5.54. The van der Waals surface area contributed by atoms with Crippen molar-refractivity contribution in [2.45, 2.75) is 12.5 Å². The molecule has 4 heteroatoms. The van der Waals surface area contributed by atoms with Crippen LogP contribution in [0, 0.1) is 11.3 Å². The molecular weight excluding hydrogens is 336 g/mol. The van der Waals surface area contributed by atoms with E-state index in [9.17, 15) is 4.79 Å². The standard InChI is InChI=1S/C23H20N2O2/c24-16-20-13-7-8-14-22(20)27-17-23(26)25-21(19-11-5-2-6-12-19)15-18-9-3-1-4-10-18/h1-14,21H,15,17H2,(H,25,26). The lowest BCUT2D eigenvalue weighted by atomic mass is 9.99. The lowest BCUT2D eigenvalue weighted by Gasteiger charge is -2.20. The number of rotatable bonds is 7. The number of benzene rings is 3. The molecule has 0 heterocycles. The number of nitriles is 1. The minimum Gasteiger partial charge on any atom is -0.482 e. The minimum absolute atomic E-state index is 0.142. The van der Waals surface area contributed by atoms with Gasteiger partial charge in [-0.1, -0.05) is 72.8 Å². The molecule has 3 aromatic rings. The highest BCUT2D eigenvalue weighted by Crippen LogP contribution is 2.19. The largest absolute Gasteiger partial charge is 0.482 e. The van der Waals surface area contributed by atoms with Crippen molar-refractivity contribution in [3.05, 3.63) is 102 Å². The summed E-state index contributed by atoms with van der Waals surface area (Å²) in [5.74, 6) is 0.182. The zero-order valence-corrected chi connectivity index (χ0v) is 14.8. The number of nitrogens with one attached hydrogen (secondary N) is 1. The molecule has 0 radical (unpaired) electrons. The maximum Gasteiger partial charge on any atom is 0.258 e. The van der Waals surface area contributed by atoms with Crippen LogP contribution in [0.2, 0.25) is 0 Å². The number of nitrogens with zero attached hydrogens (tertiary/aromatic N) is 1. The molecule has 1 atom stereocenters. The van der Waals surface area contributed by atoms with Gasteiger partial charge in [-0.3, -0.25) is 4.79 Å². The highest BCUT2D eigenvalue weighted by Gasteiger charge is 2.16. The molecule has 0 spiro atoms. The van der Waals surface area contributed by atoms with E-state index < -0.39 is 0 Å². The van der Waals surface area contributed by atoms with Crippen molar-refractivity contribution in [2.75, 3.05) is 6.61 Å². The van der Waals surface area contributed by atoms with E-state index in [-0.39, 0.29) is 18.6 Å². The van der Waals surface area contributed by atoms with Gasteiger partial charge in [0.2, 0.25) is 0 Å². The van der Waals surface area contributed by atoms with Crippen LogP contribution in [-0.2, 0) is 11.2 Å². The summed E-state index contributed by atoms with van der Waals surface area (Å²) in [7, 11) is 0. The molecule has 4 nitrogen and oxygen atoms in total. The first-order valence-electron chi connectivity index (χ1n) is 8.76. The number of ether oxygens (including phenoxy) is 1. The smallest absolute Gasteiger partial charge is 0.258 e. The number of amides is 1. The van der Waals surface area contributed by atoms with E-state index in [4.69, 9.17) is 10.00 Å². The van der Waals surface area contributed by atoms with Gasteiger partial charge in [-0.15, -0.1) is 0 Å². The fourth-order valence-corrected chi connectivity index (χ4v) is 2.85. The van der Waals surface area contributed by atoms with E-state index in [1.165, 1.54) is 0 Å². The van der Waals surface area contributed by atoms with Gasteiger partial charge in [-0.05, 0) is 29.7 Å². The maximum atomic E-state index is 12.5. The third-order valence-corrected chi connectivity index (χ3v) is 4.19. The number of para-hydroxylation sites is 1. The Kier molecular flexibility index (Phi) is 6.21. The topological polar surface area (TPSA) is 62.1 Å². The van der Waals surface area contributed by atoms with Crippen LogP contribution in [0.15, 0.2) is 84.9 Å². The van der Waals surface area contributed by atoms with Gasteiger partial charge in [0, 0.05) is 0 Å². The number of carbonyl (C=O) groups is 1. The van der Waals surface area contributed by atoms with Gasteiger partial charge in [-0.25, -0.2) is 0 Å². The highest BCUT2D eigenvalue weighted by atomic mass is 16.5. The second-order valence-corrected chi connectivity index (χ2v) is 6.12. The first-order valence-corrected chi connectivity index (χ1v) is 8.76. The molecule has 0 aliphatic carbocycles. The van der Waals surface area contributed by atoms with Crippen LogP contribution >= 0.6 is 0 Å². The average Bonchev–Trinajstić information content (AvgIpc) is 2.73. The van der Waals surface area contributed by atoms with Crippen molar-refractivity contribution in [1.29, 1.82) is 5.26 Å². The minimum atomic E-state index is -0.229. The SMILES string of the molecule is N#Cc1ccccc1OCC(=O)NC(Cc1ccccc1)c1ccccc1. The summed E-state index contributed by atoms with van der Waals surface area (Å²) >= 11 is 0. The molecule has 0 saturated heterocycles. The van der Waals surface area contributed by atoms with Gasteiger partial charge in [0.25, 0.3) is 5.91 Å². The van der Waals surface area contributed by atoms with Crippen LogP contribution in [-0.4, -0.2) is 12.5 Å². The van der Waals surface area contributed by atoms with E-state index in [0.29, 0.717) is 17.7 Å². The summed E-state index contributed by atoms with van der Waals surface area (Å²) in [5, 5.41) is 12.2. The van der Waals surface area contributed by atoms with E-state index in [1.807, 2.05) is 60.7 Å². The quantitative estimate of drug-likeness (QED) is 0.695. The lowest BCUT2D eigenvalue weighted by molar-refractivity contribution is -0.123. The Morgan fingerprint density at radius 3 is 2.26 bits per heavy atom. The molecule has 1 amide bonds. The molecule has 27 heavy (non-hydrogen) atoms. The molecule has 0 aliphatic heterocycles. The van der Waals surface area contributed by atoms with Crippen molar-refractivity contribution in [3.63, 3.8) is 0 Å². The Morgan fingerprint density at radius 2 is 1.56 bits per heavy atom. The van der Waals surface area contributed by atoms with Gasteiger partial charge in [0.15, 0.2) is 6.61 Å². The third-order valence-electron chi connectivity index (χ3n) is 4.19. The summed E-state index contributed by atoms with van der Waals surface area (Å²) in [4.78, 5) is 12.5. The number of carbonyl (C=O) groups excluding carboxylic acids is 1. The van der Waals surface area contributed by atoms with Gasteiger partial charge in [-0.2, -0.15) is 5.26 Å². The van der Waals surface area contributed by atoms with Crippen molar-refractivity contribution >= 4 is 5.91 Å². The van der Waals surface area contributed by atoms with Crippen LogP contribution in [0.3, 0.4) is 0 Å². The normalized spacial score (nSPS) is 11.2. The summed E-state index contributed by atoms with van der Waals surface area (Å²) in [6.07, 6.45) is 0.686. The van der Waals surface area contributed by atoms with Crippen LogP contribution in [0.25, 0.3) is 0 Å². The van der Waals surface area contributed by atoms with Crippen LogP contribution < -0.4 is 10.1 Å². The summed E-state index contributed by atoms with van der Waals surface area (Å²) in [6.45, 7) is -0.142. The molecular formula is C23H20N2O2. The molecule has 3 aromatic carbocycles. The molecule has 1 N–H and O–H groups in total. The van der Waals surface area contributed by atoms with Gasteiger partial charge >= 0.3 is 0 Å². The van der Waals surface area contributed by atoms with Crippen molar-refractivity contribution in [2.24, 2.45) is 0 Å². The van der Waals surface area contributed by atoms with Crippen molar-refractivity contribution in [3.8, 4) is 11.8 Å². The van der Waals surface area contributed by atoms with Gasteiger partial charge in [0.05, 0.1) is 11.6 Å². The molecule has 0 aromatic heterocycles. The zero-order chi connectivity index (χ0) is 18.9. The lowest BCUT2D eigenvalue weighted by Crippen LogP contribution is -2.33. The predicted octanol–water partition coefficient (Wildman–Crippen LogP) is 4.04. The fraction of sp³-hybridized carbons (Fsp3) is 0.130. The van der Waals surface area contributed by atoms with E-state index >= 15 is 0 Å². The molecule has 0 fully saturated rings. The number of hydrogen-bond acceptors (Lipinski definition) is 3. The Bertz CT molecular complexity index is 918. The summed E-state index contributed by atoms with van der Waals surface area (Å²) in [5.41, 5.74) is 2.59. The Labute approximate surface area is 159 Å². The molecule has 1 unspecified atom stereocenters. The second kappa shape index (κ2) is 9.21. The van der Waals surface area contributed by atoms with Crippen LogP contribution in [0.5, 0.6) is 5.75 Å². The Hall–Kier alpha value is -3.58. The Morgan fingerprint density at radius 1 is 0.926 bits per heavy atom.